The molecule has 0 spiro atoms. The molecule has 1 heterocycles. The molecule has 1 aliphatic carbocycles. The van der Waals surface area contributed by atoms with E-state index >= 15 is 0 Å². The molecule has 11 aromatic rings. The van der Waals surface area contributed by atoms with E-state index in [4.69, 9.17) is 4.42 Å². The molecule has 0 fully saturated rings. The Morgan fingerprint density at radius 2 is 0.857 bits per heavy atom. The summed E-state index contributed by atoms with van der Waals surface area (Å²) in [5.41, 5.74) is 19.7. The molecule has 0 amide bonds. The van der Waals surface area contributed by atoms with Crippen molar-refractivity contribution in [3.05, 3.63) is 236 Å². The highest BCUT2D eigenvalue weighted by Gasteiger charge is 2.35. The predicted molar refractivity (Wildman–Crippen MR) is 265 cm³/mol. The normalized spacial score (nSPS) is 12.7. The number of rotatable bonds is 7. The Balaban J connectivity index is 1.12. The quantitative estimate of drug-likeness (QED) is 0.160. The van der Waals surface area contributed by atoms with Crippen molar-refractivity contribution < 1.29 is 4.42 Å². The van der Waals surface area contributed by atoms with Crippen LogP contribution in [-0.4, -0.2) is 0 Å². The lowest BCUT2D eigenvalue weighted by molar-refractivity contribution is 0.660. The maximum absolute atomic E-state index is 6.32. The van der Waals surface area contributed by atoms with Gasteiger partial charge in [0.15, 0.2) is 0 Å². The molecule has 0 saturated heterocycles. The fourth-order valence-corrected chi connectivity index (χ4v) is 10.3. The Morgan fingerprint density at radius 3 is 1.60 bits per heavy atom. The average molecular weight is 806 g/mol. The summed E-state index contributed by atoms with van der Waals surface area (Å²) in [5.74, 6) is 0. The van der Waals surface area contributed by atoms with Gasteiger partial charge in [0, 0.05) is 32.9 Å². The maximum Gasteiger partial charge on any atom is 0.135 e. The van der Waals surface area contributed by atoms with Crippen LogP contribution < -0.4 is 4.90 Å². The first-order valence-electron chi connectivity index (χ1n) is 21.8. The summed E-state index contributed by atoms with van der Waals surface area (Å²) in [6, 6.07) is 81.9. The van der Waals surface area contributed by atoms with Crippen LogP contribution in [0.1, 0.15) is 25.0 Å². The van der Waals surface area contributed by atoms with Crippen LogP contribution in [0.4, 0.5) is 17.1 Å². The van der Waals surface area contributed by atoms with Crippen molar-refractivity contribution >= 4 is 49.8 Å². The third-order valence-electron chi connectivity index (χ3n) is 13.3. The summed E-state index contributed by atoms with van der Waals surface area (Å²) in [6.07, 6.45) is 0. The van der Waals surface area contributed by atoms with E-state index in [9.17, 15) is 0 Å². The van der Waals surface area contributed by atoms with Crippen molar-refractivity contribution in [2.75, 3.05) is 4.90 Å². The van der Waals surface area contributed by atoms with Crippen LogP contribution in [0.2, 0.25) is 0 Å². The number of hydrogen-bond donors (Lipinski definition) is 0. The van der Waals surface area contributed by atoms with Gasteiger partial charge in [-0.2, -0.15) is 0 Å². The van der Waals surface area contributed by atoms with E-state index < -0.39 is 0 Å². The molecule has 12 rings (SSSR count). The van der Waals surface area contributed by atoms with Crippen molar-refractivity contribution in [3.8, 4) is 55.6 Å². The largest absolute Gasteiger partial charge is 0.456 e. The first-order valence-corrected chi connectivity index (χ1v) is 21.8. The van der Waals surface area contributed by atoms with Crippen molar-refractivity contribution in [3.63, 3.8) is 0 Å². The Hall–Kier alpha value is -7.94. The first kappa shape index (κ1) is 36.9. The van der Waals surface area contributed by atoms with Gasteiger partial charge in [0.05, 0.1) is 17.1 Å². The van der Waals surface area contributed by atoms with Gasteiger partial charge in [0.2, 0.25) is 0 Å². The molecule has 0 saturated carbocycles. The SMILES string of the molecule is CC1(C)c2ccccc2-c2ccc(-c3ccccc3N(c3ccccc3-c3ccc4oc5ccccc5c4c3)c3ccccc3-c3cccc4cccc(-c5ccccc5)c34)cc21. The van der Waals surface area contributed by atoms with E-state index in [1.54, 1.807) is 0 Å². The number of furan rings is 1. The van der Waals surface area contributed by atoms with Crippen LogP contribution in [0.3, 0.4) is 0 Å². The van der Waals surface area contributed by atoms with Crippen LogP contribution in [-0.2, 0) is 5.41 Å². The monoisotopic (exact) mass is 805 g/mol. The number of benzene rings is 10. The Kier molecular flexibility index (Phi) is 8.55. The molecule has 1 aliphatic rings. The van der Waals surface area contributed by atoms with Gasteiger partial charge in [-0.05, 0) is 103 Å². The highest BCUT2D eigenvalue weighted by atomic mass is 16.3. The van der Waals surface area contributed by atoms with Gasteiger partial charge < -0.3 is 9.32 Å². The summed E-state index contributed by atoms with van der Waals surface area (Å²) in [6.45, 7) is 4.72. The van der Waals surface area contributed by atoms with Crippen molar-refractivity contribution in [1.82, 2.24) is 0 Å². The minimum Gasteiger partial charge on any atom is -0.456 e. The molecule has 0 radical (unpaired) electrons. The lowest BCUT2D eigenvalue weighted by atomic mass is 9.81. The third kappa shape index (κ3) is 5.94. The summed E-state index contributed by atoms with van der Waals surface area (Å²) < 4.78 is 6.32. The van der Waals surface area contributed by atoms with Crippen LogP contribution in [0.5, 0.6) is 0 Å². The minimum absolute atomic E-state index is 0.128. The zero-order chi connectivity index (χ0) is 42.1. The van der Waals surface area contributed by atoms with E-state index in [1.807, 2.05) is 12.1 Å². The van der Waals surface area contributed by atoms with E-state index in [-0.39, 0.29) is 5.41 Å². The number of nitrogens with zero attached hydrogens (tertiary/aromatic N) is 1. The molecule has 0 aliphatic heterocycles. The van der Waals surface area contributed by atoms with Crippen LogP contribution in [0.25, 0.3) is 88.3 Å². The summed E-state index contributed by atoms with van der Waals surface area (Å²) >= 11 is 0. The Bertz CT molecular complexity index is 3550. The molecular formula is C61H43NO. The second-order valence-corrected chi connectivity index (χ2v) is 17.2. The first-order chi connectivity index (χ1) is 31.0. The highest BCUT2D eigenvalue weighted by molar-refractivity contribution is 6.10. The lowest BCUT2D eigenvalue weighted by Gasteiger charge is -2.32. The zero-order valence-corrected chi connectivity index (χ0v) is 35.2. The smallest absolute Gasteiger partial charge is 0.135 e. The molecule has 298 valence electrons. The van der Waals surface area contributed by atoms with Crippen molar-refractivity contribution in [2.45, 2.75) is 19.3 Å². The van der Waals surface area contributed by atoms with E-state index in [1.165, 1.54) is 55.3 Å². The number of para-hydroxylation sites is 4. The van der Waals surface area contributed by atoms with Crippen molar-refractivity contribution in [1.29, 1.82) is 0 Å². The number of anilines is 3. The standard InChI is InChI=1S/C61H43NO/c1-61(2)53-29-11-6-24-47(53)48-36-34-43(39-54(48)61)45-23-8-13-31-56(45)62(55-30-12-7-22-44(55)42-35-37-59-52(38-42)50-26-10-15-33-58(50)63-59)57-32-14-9-25-49(57)51-28-17-21-41-20-16-27-46(60(41)51)40-18-4-3-5-19-40/h3-39H,1-2H3. The number of fused-ring (bicyclic) bond motifs is 7. The van der Waals surface area contributed by atoms with Gasteiger partial charge in [0.1, 0.15) is 11.2 Å². The third-order valence-corrected chi connectivity index (χ3v) is 13.3. The topological polar surface area (TPSA) is 16.4 Å². The van der Waals surface area contributed by atoms with Gasteiger partial charge in [-0.3, -0.25) is 0 Å². The number of hydrogen-bond acceptors (Lipinski definition) is 2. The fourth-order valence-electron chi connectivity index (χ4n) is 10.3. The van der Waals surface area contributed by atoms with Gasteiger partial charge in [-0.25, -0.2) is 0 Å². The van der Waals surface area contributed by atoms with E-state index in [2.05, 4.69) is 231 Å². The van der Waals surface area contributed by atoms with Gasteiger partial charge >= 0.3 is 0 Å². The second kappa shape index (κ2) is 14.6. The summed E-state index contributed by atoms with van der Waals surface area (Å²) in [7, 11) is 0. The molecule has 0 unspecified atom stereocenters. The molecular weight excluding hydrogens is 763 g/mol. The van der Waals surface area contributed by atoms with Crippen molar-refractivity contribution in [2.24, 2.45) is 0 Å². The molecule has 1 aromatic heterocycles. The van der Waals surface area contributed by atoms with Gasteiger partial charge in [-0.1, -0.05) is 196 Å². The van der Waals surface area contributed by atoms with E-state index in [0.29, 0.717) is 0 Å². The molecule has 0 atom stereocenters. The van der Waals surface area contributed by atoms with Gasteiger partial charge in [-0.15, -0.1) is 0 Å². The molecule has 63 heavy (non-hydrogen) atoms. The van der Waals surface area contributed by atoms with Crippen LogP contribution >= 0.6 is 0 Å². The van der Waals surface area contributed by atoms with E-state index in [0.717, 1.165) is 61.3 Å². The molecule has 0 N–H and O–H groups in total. The Morgan fingerprint density at radius 1 is 0.333 bits per heavy atom. The summed E-state index contributed by atoms with van der Waals surface area (Å²) in [5, 5.41) is 4.67. The molecule has 10 aromatic carbocycles. The predicted octanol–water partition coefficient (Wildman–Crippen LogP) is 17.2. The highest BCUT2D eigenvalue weighted by Crippen LogP contribution is 2.53. The lowest BCUT2D eigenvalue weighted by Crippen LogP contribution is -2.15. The molecule has 2 heteroatoms. The summed E-state index contributed by atoms with van der Waals surface area (Å²) in [4.78, 5) is 2.51. The average Bonchev–Trinajstić information content (AvgIpc) is 3.83. The Labute approximate surface area is 368 Å². The van der Waals surface area contributed by atoms with Crippen LogP contribution in [0, 0.1) is 0 Å². The maximum atomic E-state index is 6.32. The fraction of sp³-hybridized carbons (Fsp3) is 0.0492. The molecule has 0 bridgehead atoms. The second-order valence-electron chi connectivity index (χ2n) is 17.2. The zero-order valence-electron chi connectivity index (χ0n) is 35.2. The van der Waals surface area contributed by atoms with Gasteiger partial charge in [0.25, 0.3) is 0 Å². The van der Waals surface area contributed by atoms with Crippen LogP contribution in [0.15, 0.2) is 229 Å². The molecule has 2 nitrogen and oxygen atoms in total. The minimum atomic E-state index is -0.128.